The van der Waals surface area contributed by atoms with Gasteiger partial charge in [-0.1, -0.05) is 6.07 Å². The van der Waals surface area contributed by atoms with E-state index >= 15 is 0 Å². The van der Waals surface area contributed by atoms with Gasteiger partial charge in [0, 0.05) is 30.7 Å². The van der Waals surface area contributed by atoms with Gasteiger partial charge in [-0.15, -0.1) is 0 Å². The zero-order valence-electron chi connectivity index (χ0n) is 19.0. The number of carbonyl (C=O) groups excluding carboxylic acids is 1. The molecular formula is C25H19F3N4O4. The number of halogens is 3. The summed E-state index contributed by atoms with van der Waals surface area (Å²) in [6.07, 6.45) is -3.12. The number of nitrogens with one attached hydrogen (secondary N) is 3. The first-order chi connectivity index (χ1) is 17.1. The van der Waals surface area contributed by atoms with Crippen LogP contribution in [-0.4, -0.2) is 17.9 Å². The zero-order valence-corrected chi connectivity index (χ0v) is 19.0. The highest BCUT2D eigenvalue weighted by molar-refractivity contribution is 5.92. The molecule has 8 nitrogen and oxygen atoms in total. The van der Waals surface area contributed by atoms with Crippen molar-refractivity contribution in [2.45, 2.75) is 13.1 Å². The van der Waals surface area contributed by atoms with E-state index in [1.54, 1.807) is 30.3 Å². The molecule has 0 fully saturated rings. The van der Waals surface area contributed by atoms with Crippen molar-refractivity contribution in [3.05, 3.63) is 98.1 Å². The minimum Gasteiger partial charge on any atom is -0.457 e. The largest absolute Gasteiger partial charge is 0.457 e. The lowest BCUT2D eigenvalue weighted by Crippen LogP contribution is -2.35. The Balaban J connectivity index is 1.49. The molecule has 36 heavy (non-hydrogen) atoms. The number of pyridine rings is 1. The van der Waals surface area contributed by atoms with Crippen LogP contribution >= 0.6 is 0 Å². The van der Waals surface area contributed by atoms with Crippen LogP contribution in [0.5, 0.6) is 11.5 Å². The summed E-state index contributed by atoms with van der Waals surface area (Å²) in [6.45, 7) is 1.33. The molecule has 11 heteroatoms. The van der Waals surface area contributed by atoms with Crippen LogP contribution in [0.15, 0.2) is 70.4 Å². The second-order valence-corrected chi connectivity index (χ2v) is 7.77. The van der Waals surface area contributed by atoms with Crippen molar-refractivity contribution in [1.82, 2.24) is 10.3 Å². The number of hydrogen-bond acceptors (Lipinski definition) is 7. The summed E-state index contributed by atoms with van der Waals surface area (Å²) >= 11 is 0. The summed E-state index contributed by atoms with van der Waals surface area (Å²) in [5.41, 5.74) is -1.97. The second-order valence-electron chi connectivity index (χ2n) is 7.77. The van der Waals surface area contributed by atoms with Gasteiger partial charge in [0.15, 0.2) is 0 Å². The number of anilines is 4. The Bertz CT molecular complexity index is 1510. The van der Waals surface area contributed by atoms with Crippen LogP contribution in [0.4, 0.5) is 35.9 Å². The number of carbonyl (C=O) groups is 1. The summed E-state index contributed by atoms with van der Waals surface area (Å²) in [5.74, 6) is 0.449. The predicted octanol–water partition coefficient (Wildman–Crippen LogP) is 4.64. The number of nitrogens with zero attached hydrogens (tertiary/aromatic N) is 1. The lowest BCUT2D eigenvalue weighted by Gasteiger charge is -2.17. The highest BCUT2D eigenvalue weighted by Gasteiger charge is 2.32. The molecule has 1 aromatic heterocycles. The molecule has 0 aliphatic carbocycles. The van der Waals surface area contributed by atoms with E-state index in [1.165, 1.54) is 38.4 Å². The number of hydrogen-bond donors (Lipinski definition) is 3. The fourth-order valence-electron chi connectivity index (χ4n) is 3.39. The number of rotatable bonds is 7. The van der Waals surface area contributed by atoms with Crippen LogP contribution in [0.25, 0.3) is 0 Å². The number of aryl methyl sites for hydroxylation is 1. The van der Waals surface area contributed by atoms with Crippen molar-refractivity contribution < 1.29 is 22.7 Å². The molecule has 4 rings (SSSR count). The molecule has 0 saturated heterocycles. The molecule has 1 heterocycles. The van der Waals surface area contributed by atoms with E-state index < -0.39 is 22.6 Å². The Labute approximate surface area is 202 Å². The molecule has 3 aromatic carbocycles. The average molecular weight is 496 g/mol. The quantitative estimate of drug-likeness (QED) is 0.320. The van der Waals surface area contributed by atoms with E-state index in [1.807, 2.05) is 0 Å². The fraction of sp³-hybridized carbons (Fsp3) is 0.120. The third-order valence-electron chi connectivity index (χ3n) is 5.27. The number of aromatic nitrogens is 1. The first kappa shape index (κ1) is 24.5. The van der Waals surface area contributed by atoms with Crippen molar-refractivity contribution in [3.8, 4) is 11.5 Å². The Hall–Kier alpha value is -4.67. The van der Waals surface area contributed by atoms with Crippen LogP contribution < -0.4 is 31.5 Å². The third-order valence-corrected chi connectivity index (χ3v) is 5.27. The molecule has 0 aliphatic rings. The summed E-state index contributed by atoms with van der Waals surface area (Å²) < 4.78 is 45.3. The number of alkyl halides is 3. The molecule has 0 unspecified atom stereocenters. The van der Waals surface area contributed by atoms with Crippen LogP contribution in [0.3, 0.4) is 0 Å². The van der Waals surface area contributed by atoms with Gasteiger partial charge < -0.3 is 20.7 Å². The van der Waals surface area contributed by atoms with Crippen molar-refractivity contribution in [2.75, 3.05) is 17.7 Å². The van der Waals surface area contributed by atoms with E-state index in [2.05, 4.69) is 20.9 Å². The van der Waals surface area contributed by atoms with E-state index in [-0.39, 0.29) is 34.2 Å². The van der Waals surface area contributed by atoms with Crippen LogP contribution in [0.2, 0.25) is 0 Å². The SMILES string of the molecule is CNC(=O)c1cc(Oc2ccc(Nc3c(Nc4ccc(C)c(C(F)(F)F)c4)c(=O)c3=O)cc2)ccn1. The number of amides is 1. The molecule has 0 spiro atoms. The van der Waals surface area contributed by atoms with Gasteiger partial charge in [-0.2, -0.15) is 13.2 Å². The van der Waals surface area contributed by atoms with Crippen molar-refractivity contribution in [1.29, 1.82) is 0 Å². The number of ether oxygens (including phenoxy) is 1. The lowest BCUT2D eigenvalue weighted by molar-refractivity contribution is -0.138. The van der Waals surface area contributed by atoms with Gasteiger partial charge in [-0.3, -0.25) is 19.4 Å². The molecule has 0 aliphatic heterocycles. The molecule has 0 saturated carbocycles. The summed E-state index contributed by atoms with van der Waals surface area (Å²) in [4.78, 5) is 39.9. The molecule has 1 amide bonds. The minimum atomic E-state index is -4.55. The minimum absolute atomic E-state index is 0.0281. The molecule has 0 atom stereocenters. The van der Waals surface area contributed by atoms with E-state index in [4.69, 9.17) is 4.74 Å². The van der Waals surface area contributed by atoms with E-state index in [0.717, 1.165) is 6.07 Å². The number of benzene rings is 2. The Morgan fingerprint density at radius 1 is 0.861 bits per heavy atom. The summed E-state index contributed by atoms with van der Waals surface area (Å²) in [5, 5.41) is 7.90. The van der Waals surface area contributed by atoms with Gasteiger partial charge in [0.25, 0.3) is 16.8 Å². The highest BCUT2D eigenvalue weighted by atomic mass is 19.4. The van der Waals surface area contributed by atoms with Gasteiger partial charge in [-0.05, 0) is 55.0 Å². The van der Waals surface area contributed by atoms with Crippen LogP contribution in [-0.2, 0) is 6.18 Å². The molecule has 184 valence electrons. The van der Waals surface area contributed by atoms with Gasteiger partial charge >= 0.3 is 6.18 Å². The Morgan fingerprint density at radius 3 is 2.08 bits per heavy atom. The zero-order chi connectivity index (χ0) is 26.0. The van der Waals surface area contributed by atoms with Gasteiger partial charge in [-0.25, -0.2) is 0 Å². The van der Waals surface area contributed by atoms with Crippen molar-refractivity contribution in [2.24, 2.45) is 0 Å². The molecule has 3 N–H and O–H groups in total. The average Bonchev–Trinajstić information content (AvgIpc) is 2.86. The smallest absolute Gasteiger partial charge is 0.416 e. The summed E-state index contributed by atoms with van der Waals surface area (Å²) in [6, 6.07) is 13.0. The normalized spacial score (nSPS) is 11.2. The van der Waals surface area contributed by atoms with Gasteiger partial charge in [0.2, 0.25) is 0 Å². The van der Waals surface area contributed by atoms with E-state index in [9.17, 15) is 27.6 Å². The van der Waals surface area contributed by atoms with Crippen molar-refractivity contribution in [3.63, 3.8) is 0 Å². The Morgan fingerprint density at radius 2 is 1.47 bits per heavy atom. The van der Waals surface area contributed by atoms with Crippen LogP contribution in [0.1, 0.15) is 21.6 Å². The maximum atomic E-state index is 13.2. The first-order valence-electron chi connectivity index (χ1n) is 10.6. The molecular weight excluding hydrogens is 477 g/mol. The highest BCUT2D eigenvalue weighted by Crippen LogP contribution is 2.35. The Kier molecular flexibility index (Phi) is 6.47. The maximum Gasteiger partial charge on any atom is 0.416 e. The topological polar surface area (TPSA) is 109 Å². The van der Waals surface area contributed by atoms with Crippen molar-refractivity contribution >= 4 is 28.7 Å². The predicted molar refractivity (Wildman–Crippen MR) is 128 cm³/mol. The second kappa shape index (κ2) is 9.53. The fourth-order valence-corrected chi connectivity index (χ4v) is 3.39. The van der Waals surface area contributed by atoms with E-state index in [0.29, 0.717) is 17.2 Å². The standard InChI is InChI=1S/C25H19F3N4O4/c1-13-3-4-15(11-18(13)25(26,27)28)32-21-20(22(33)23(21)34)31-14-5-7-16(8-6-14)36-17-9-10-30-19(12-17)24(35)29-2/h3-12,31-32H,1-2H3,(H,29,35). The van der Waals surface area contributed by atoms with Crippen LogP contribution in [0, 0.1) is 6.92 Å². The molecule has 0 radical (unpaired) electrons. The first-order valence-corrected chi connectivity index (χ1v) is 10.6. The molecule has 0 bridgehead atoms. The monoisotopic (exact) mass is 496 g/mol. The lowest BCUT2D eigenvalue weighted by atomic mass is 10.1. The maximum absolute atomic E-state index is 13.2. The third kappa shape index (κ3) is 5.04. The summed E-state index contributed by atoms with van der Waals surface area (Å²) in [7, 11) is 1.49. The molecule has 4 aromatic rings. The van der Waals surface area contributed by atoms with Gasteiger partial charge in [0.1, 0.15) is 28.6 Å². The van der Waals surface area contributed by atoms with Gasteiger partial charge in [0.05, 0.1) is 5.56 Å².